The molecule has 0 bridgehead atoms. The molecule has 1 N–H and O–H groups in total. The number of fused-ring (bicyclic) bond motifs is 1. The monoisotopic (exact) mass is 330 g/mol. The molecule has 3 nitrogen and oxygen atoms in total. The molecule has 2 aromatic rings. The van der Waals surface area contributed by atoms with Crippen molar-refractivity contribution in [3.05, 3.63) is 60.2 Å². The number of hydrogen-bond donors (Lipinski definition) is 1. The zero-order valence-corrected chi connectivity index (χ0v) is 14.0. The van der Waals surface area contributed by atoms with Crippen molar-refractivity contribution in [1.29, 1.82) is 0 Å². The lowest BCUT2D eigenvalue weighted by molar-refractivity contribution is 0.306. The van der Waals surface area contributed by atoms with Gasteiger partial charge in [0.1, 0.15) is 12.4 Å². The van der Waals surface area contributed by atoms with Crippen LogP contribution in [0.4, 0.5) is 5.69 Å². The Morgan fingerprint density at radius 3 is 2.30 bits per heavy atom. The van der Waals surface area contributed by atoms with E-state index in [-0.39, 0.29) is 12.4 Å². The molecule has 0 saturated carbocycles. The van der Waals surface area contributed by atoms with Gasteiger partial charge in [0, 0.05) is 26.2 Å². The number of rotatable bonds is 4. The van der Waals surface area contributed by atoms with E-state index in [0.29, 0.717) is 6.61 Å². The number of nitrogens with one attached hydrogen (secondary N) is 1. The van der Waals surface area contributed by atoms with Gasteiger partial charge in [-0.3, -0.25) is 0 Å². The Hall–Kier alpha value is -1.71. The maximum Gasteiger partial charge on any atom is 0.143 e. The number of hydrogen-bond acceptors (Lipinski definition) is 3. The van der Waals surface area contributed by atoms with Crippen LogP contribution < -0.4 is 15.0 Å². The second-order valence-corrected chi connectivity index (χ2v) is 6.33. The smallest absolute Gasteiger partial charge is 0.143 e. The summed E-state index contributed by atoms with van der Waals surface area (Å²) >= 11 is 0. The molecule has 2 fully saturated rings. The quantitative estimate of drug-likeness (QED) is 0.930. The van der Waals surface area contributed by atoms with Crippen LogP contribution in [0.1, 0.15) is 5.56 Å². The molecule has 2 atom stereocenters. The van der Waals surface area contributed by atoms with Crippen LogP contribution in [0.5, 0.6) is 5.75 Å². The van der Waals surface area contributed by atoms with E-state index >= 15 is 0 Å². The first-order chi connectivity index (χ1) is 10.9. The van der Waals surface area contributed by atoms with Crippen LogP contribution in [-0.4, -0.2) is 26.2 Å². The summed E-state index contributed by atoms with van der Waals surface area (Å²) in [6, 6.07) is 18.8. The van der Waals surface area contributed by atoms with E-state index in [1.165, 1.54) is 11.3 Å². The second kappa shape index (κ2) is 7.24. The van der Waals surface area contributed by atoms with Crippen LogP contribution in [0.15, 0.2) is 54.6 Å². The maximum atomic E-state index is 6.10. The highest BCUT2D eigenvalue weighted by atomic mass is 35.5. The van der Waals surface area contributed by atoms with E-state index in [1.54, 1.807) is 0 Å². The zero-order valence-electron chi connectivity index (χ0n) is 13.2. The highest BCUT2D eigenvalue weighted by Gasteiger charge is 2.36. The van der Waals surface area contributed by atoms with Crippen LogP contribution in [0.3, 0.4) is 0 Å². The van der Waals surface area contributed by atoms with Gasteiger partial charge >= 0.3 is 0 Å². The highest BCUT2D eigenvalue weighted by molar-refractivity contribution is 5.85. The first kappa shape index (κ1) is 16.2. The standard InChI is InChI=1S/C19H22N2O.ClH/c1-2-6-15(7-3-1)14-22-19-9-5-4-8-18(19)21-12-16-10-20-11-17(16)13-21;/h1-9,16-17,20H,10-14H2;1H. The fourth-order valence-corrected chi connectivity index (χ4v) is 3.63. The Balaban J connectivity index is 0.00000156. The van der Waals surface area contributed by atoms with E-state index in [0.717, 1.165) is 43.8 Å². The van der Waals surface area contributed by atoms with E-state index in [4.69, 9.17) is 4.74 Å². The zero-order chi connectivity index (χ0) is 14.8. The van der Waals surface area contributed by atoms with Crippen molar-refractivity contribution in [3.63, 3.8) is 0 Å². The summed E-state index contributed by atoms with van der Waals surface area (Å²) in [5.41, 5.74) is 2.45. The van der Waals surface area contributed by atoms with Gasteiger partial charge in [0.15, 0.2) is 0 Å². The minimum absolute atomic E-state index is 0. The third-order valence-corrected chi connectivity index (χ3v) is 4.83. The van der Waals surface area contributed by atoms with Gasteiger partial charge in [-0.25, -0.2) is 0 Å². The van der Waals surface area contributed by atoms with Gasteiger partial charge in [-0.15, -0.1) is 12.4 Å². The van der Waals surface area contributed by atoms with Crippen molar-refractivity contribution in [1.82, 2.24) is 5.32 Å². The molecule has 2 unspecified atom stereocenters. The maximum absolute atomic E-state index is 6.10. The second-order valence-electron chi connectivity index (χ2n) is 6.33. The topological polar surface area (TPSA) is 24.5 Å². The molecule has 4 rings (SSSR count). The fourth-order valence-electron chi connectivity index (χ4n) is 3.63. The summed E-state index contributed by atoms with van der Waals surface area (Å²) in [5, 5.41) is 3.50. The third kappa shape index (κ3) is 3.46. The highest BCUT2D eigenvalue weighted by Crippen LogP contribution is 2.35. The number of benzene rings is 2. The third-order valence-electron chi connectivity index (χ3n) is 4.83. The summed E-state index contributed by atoms with van der Waals surface area (Å²) in [4.78, 5) is 2.50. The first-order valence-corrected chi connectivity index (χ1v) is 8.11. The molecule has 2 aromatic carbocycles. The van der Waals surface area contributed by atoms with Gasteiger partial charge in [0.25, 0.3) is 0 Å². The van der Waals surface area contributed by atoms with Gasteiger partial charge in [0.05, 0.1) is 5.69 Å². The van der Waals surface area contributed by atoms with E-state index < -0.39 is 0 Å². The lowest BCUT2D eigenvalue weighted by Crippen LogP contribution is -2.25. The summed E-state index contributed by atoms with van der Waals surface area (Å²) < 4.78 is 6.10. The molecule has 4 heteroatoms. The van der Waals surface area contributed by atoms with Crippen molar-refractivity contribution in [2.24, 2.45) is 11.8 Å². The molecule has 0 aromatic heterocycles. The van der Waals surface area contributed by atoms with E-state index in [2.05, 4.69) is 58.7 Å². The number of nitrogens with zero attached hydrogens (tertiary/aromatic N) is 1. The van der Waals surface area contributed by atoms with Crippen LogP contribution >= 0.6 is 12.4 Å². The number of ether oxygens (including phenoxy) is 1. The molecule has 2 aliphatic rings. The van der Waals surface area contributed by atoms with Crippen molar-refractivity contribution >= 4 is 18.1 Å². The van der Waals surface area contributed by atoms with Gasteiger partial charge in [0.2, 0.25) is 0 Å². The van der Waals surface area contributed by atoms with Gasteiger partial charge in [-0.2, -0.15) is 0 Å². The molecule has 0 aliphatic carbocycles. The van der Waals surface area contributed by atoms with E-state index in [9.17, 15) is 0 Å². The number of halogens is 1. The van der Waals surface area contributed by atoms with Gasteiger partial charge < -0.3 is 15.0 Å². The molecular formula is C19H23ClN2O. The summed E-state index contributed by atoms with van der Waals surface area (Å²) in [6.45, 7) is 5.23. The predicted molar refractivity (Wildman–Crippen MR) is 96.5 cm³/mol. The molecule has 2 aliphatic heterocycles. The summed E-state index contributed by atoms with van der Waals surface area (Å²) in [6.07, 6.45) is 0. The summed E-state index contributed by atoms with van der Waals surface area (Å²) in [7, 11) is 0. The Labute approximate surface area is 144 Å². The average molecular weight is 331 g/mol. The Morgan fingerprint density at radius 1 is 0.913 bits per heavy atom. The Morgan fingerprint density at radius 2 is 1.57 bits per heavy atom. The largest absolute Gasteiger partial charge is 0.487 e. The Bertz CT molecular complexity index is 622. The minimum atomic E-state index is 0. The molecular weight excluding hydrogens is 308 g/mol. The lowest BCUT2D eigenvalue weighted by atomic mass is 10.0. The SMILES string of the molecule is Cl.c1ccc(COc2ccccc2N2CC3CNCC3C2)cc1. The first-order valence-electron chi connectivity index (χ1n) is 8.11. The van der Waals surface area contributed by atoms with Gasteiger partial charge in [-0.1, -0.05) is 42.5 Å². The van der Waals surface area contributed by atoms with Gasteiger partial charge in [-0.05, 0) is 29.5 Å². The van der Waals surface area contributed by atoms with Crippen molar-refractivity contribution in [2.45, 2.75) is 6.61 Å². The molecule has 23 heavy (non-hydrogen) atoms. The normalized spacial score (nSPS) is 22.5. The fraction of sp³-hybridized carbons (Fsp3) is 0.368. The molecule has 0 amide bonds. The lowest BCUT2D eigenvalue weighted by Gasteiger charge is -2.23. The van der Waals surface area contributed by atoms with Crippen LogP contribution in [0, 0.1) is 11.8 Å². The molecule has 0 spiro atoms. The minimum Gasteiger partial charge on any atom is -0.487 e. The number of para-hydroxylation sites is 2. The van der Waals surface area contributed by atoms with E-state index in [1.807, 2.05) is 6.07 Å². The van der Waals surface area contributed by atoms with Crippen LogP contribution in [-0.2, 0) is 6.61 Å². The molecule has 122 valence electrons. The number of anilines is 1. The van der Waals surface area contributed by atoms with Crippen LogP contribution in [0.2, 0.25) is 0 Å². The Kier molecular flexibility index (Phi) is 5.09. The summed E-state index contributed by atoms with van der Waals surface area (Å²) in [5.74, 6) is 2.59. The molecule has 2 heterocycles. The average Bonchev–Trinajstić information content (AvgIpc) is 3.16. The predicted octanol–water partition coefficient (Wildman–Crippen LogP) is 3.34. The van der Waals surface area contributed by atoms with Crippen molar-refractivity contribution < 1.29 is 4.74 Å². The molecule has 0 radical (unpaired) electrons. The molecule has 2 saturated heterocycles. The van der Waals surface area contributed by atoms with Crippen molar-refractivity contribution in [2.75, 3.05) is 31.1 Å². The van der Waals surface area contributed by atoms with Crippen molar-refractivity contribution in [3.8, 4) is 5.75 Å². The van der Waals surface area contributed by atoms with Crippen LogP contribution in [0.25, 0.3) is 0 Å².